The highest BCUT2D eigenvalue weighted by Gasteiger charge is 2.37. The van der Waals surface area contributed by atoms with Crippen molar-refractivity contribution in [2.24, 2.45) is 12.1 Å². The van der Waals surface area contributed by atoms with E-state index >= 15 is 0 Å². The minimum atomic E-state index is -0.455. The molecule has 0 spiro atoms. The number of hydrazone groups is 1. The predicted octanol–water partition coefficient (Wildman–Crippen LogP) is 5.18. The van der Waals surface area contributed by atoms with Gasteiger partial charge in [-0.3, -0.25) is 4.79 Å². The van der Waals surface area contributed by atoms with Gasteiger partial charge in [-0.2, -0.15) is 5.10 Å². The molecular weight excluding hydrogens is 462 g/mol. The Bertz CT molecular complexity index is 1280. The molecule has 0 saturated heterocycles. The van der Waals surface area contributed by atoms with Crippen LogP contribution < -0.4 is 0 Å². The monoisotopic (exact) mass is 481 g/mol. The lowest BCUT2D eigenvalue weighted by atomic mass is 10.0. The Hall–Kier alpha value is -3.30. The van der Waals surface area contributed by atoms with Gasteiger partial charge in [0.15, 0.2) is 16.7 Å². The summed E-state index contributed by atoms with van der Waals surface area (Å²) in [5.41, 5.74) is 1.72. The fraction of sp³-hybridized carbons (Fsp3) is 0.217. The number of halogens is 1. The molecule has 3 aromatic heterocycles. The summed E-state index contributed by atoms with van der Waals surface area (Å²) in [6.45, 7) is 1.84. The summed E-state index contributed by atoms with van der Waals surface area (Å²) in [7, 11) is 1.84. The van der Waals surface area contributed by atoms with E-state index in [-0.39, 0.29) is 11.9 Å². The van der Waals surface area contributed by atoms with Gasteiger partial charge in [-0.25, -0.2) is 5.01 Å². The van der Waals surface area contributed by atoms with Crippen LogP contribution in [-0.4, -0.2) is 36.6 Å². The molecule has 2 atom stereocenters. The molecule has 168 valence electrons. The Kier molecular flexibility index (Phi) is 5.82. The van der Waals surface area contributed by atoms with E-state index in [9.17, 15) is 4.79 Å². The van der Waals surface area contributed by atoms with Crippen LogP contribution in [0.5, 0.6) is 0 Å². The Labute approximate surface area is 199 Å². The number of hydrogen-bond donors (Lipinski definition) is 0. The van der Waals surface area contributed by atoms with E-state index < -0.39 is 5.25 Å². The van der Waals surface area contributed by atoms with Crippen LogP contribution in [0.2, 0.25) is 5.02 Å². The molecule has 1 aromatic carbocycles. The average Bonchev–Trinajstić information content (AvgIpc) is 3.61. The number of carbonyl (C=O) groups excluding carboxylic acids is 1. The topological polar surface area (TPSA) is 89.7 Å². The molecule has 5 rings (SSSR count). The van der Waals surface area contributed by atoms with Crippen molar-refractivity contribution in [1.82, 2.24) is 19.8 Å². The number of furan rings is 2. The molecule has 0 saturated carbocycles. The Morgan fingerprint density at radius 3 is 2.58 bits per heavy atom. The summed E-state index contributed by atoms with van der Waals surface area (Å²) in [5, 5.41) is 15.4. The predicted molar refractivity (Wildman–Crippen MR) is 125 cm³/mol. The third kappa shape index (κ3) is 4.21. The number of amides is 1. The molecule has 1 amide bonds. The number of carbonyl (C=O) groups is 1. The highest BCUT2D eigenvalue weighted by Crippen LogP contribution is 2.36. The number of benzene rings is 1. The minimum absolute atomic E-state index is 0.145. The molecule has 10 heteroatoms. The summed E-state index contributed by atoms with van der Waals surface area (Å²) >= 11 is 7.35. The maximum absolute atomic E-state index is 13.5. The number of thioether (sulfide) groups is 1. The van der Waals surface area contributed by atoms with Gasteiger partial charge in [0.25, 0.3) is 5.91 Å². The van der Waals surface area contributed by atoms with Gasteiger partial charge in [0.2, 0.25) is 0 Å². The number of aromatic nitrogens is 3. The zero-order valence-electron chi connectivity index (χ0n) is 17.9. The number of nitrogens with zero attached hydrogens (tertiary/aromatic N) is 5. The minimum Gasteiger partial charge on any atom is -0.467 e. The van der Waals surface area contributed by atoms with Gasteiger partial charge in [-0.1, -0.05) is 35.5 Å². The SMILES string of the molecule is C[C@H](Sc1nnc(-c2ccco2)n1C)C(=O)N1N=C(c2ccc(Cl)cc2)C[C@H]1c1ccco1. The van der Waals surface area contributed by atoms with Crippen molar-refractivity contribution in [3.8, 4) is 11.6 Å². The van der Waals surface area contributed by atoms with E-state index in [2.05, 4.69) is 15.3 Å². The maximum atomic E-state index is 13.5. The van der Waals surface area contributed by atoms with Crippen LogP contribution in [-0.2, 0) is 11.8 Å². The normalized spacial score (nSPS) is 16.8. The van der Waals surface area contributed by atoms with Crippen molar-refractivity contribution < 1.29 is 13.6 Å². The maximum Gasteiger partial charge on any atom is 0.256 e. The van der Waals surface area contributed by atoms with E-state index in [1.807, 2.05) is 61.0 Å². The second kappa shape index (κ2) is 8.92. The van der Waals surface area contributed by atoms with Gasteiger partial charge < -0.3 is 13.4 Å². The van der Waals surface area contributed by atoms with Crippen LogP contribution >= 0.6 is 23.4 Å². The summed E-state index contributed by atoms with van der Waals surface area (Å²) in [4.78, 5) is 13.5. The van der Waals surface area contributed by atoms with Crippen LogP contribution in [0.25, 0.3) is 11.6 Å². The van der Waals surface area contributed by atoms with Gasteiger partial charge in [-0.05, 0) is 48.9 Å². The van der Waals surface area contributed by atoms with Crippen LogP contribution in [0.3, 0.4) is 0 Å². The number of rotatable bonds is 6. The van der Waals surface area contributed by atoms with Crippen LogP contribution in [0.15, 0.2) is 80.1 Å². The fourth-order valence-corrected chi connectivity index (χ4v) is 4.65. The first-order valence-corrected chi connectivity index (χ1v) is 11.6. The molecule has 8 nitrogen and oxygen atoms in total. The second-order valence-electron chi connectivity index (χ2n) is 7.57. The van der Waals surface area contributed by atoms with Crippen LogP contribution in [0.4, 0.5) is 0 Å². The van der Waals surface area contributed by atoms with Crippen LogP contribution in [0, 0.1) is 0 Å². The second-order valence-corrected chi connectivity index (χ2v) is 9.32. The zero-order chi connectivity index (χ0) is 22.9. The third-order valence-corrected chi connectivity index (χ3v) is 6.77. The molecule has 0 N–H and O–H groups in total. The fourth-order valence-electron chi connectivity index (χ4n) is 3.67. The molecule has 1 aliphatic rings. The quantitative estimate of drug-likeness (QED) is 0.352. The highest BCUT2D eigenvalue weighted by molar-refractivity contribution is 8.00. The van der Waals surface area contributed by atoms with Crippen molar-refractivity contribution in [2.75, 3.05) is 0 Å². The third-order valence-electron chi connectivity index (χ3n) is 5.39. The Balaban J connectivity index is 1.39. The average molecular weight is 482 g/mol. The lowest BCUT2D eigenvalue weighted by molar-refractivity contribution is -0.132. The highest BCUT2D eigenvalue weighted by atomic mass is 35.5. The van der Waals surface area contributed by atoms with Crippen molar-refractivity contribution >= 4 is 35.0 Å². The zero-order valence-corrected chi connectivity index (χ0v) is 19.5. The van der Waals surface area contributed by atoms with Gasteiger partial charge >= 0.3 is 0 Å². The van der Waals surface area contributed by atoms with Gasteiger partial charge in [0.1, 0.15) is 11.8 Å². The first kappa shape index (κ1) is 21.5. The van der Waals surface area contributed by atoms with Crippen molar-refractivity contribution in [3.63, 3.8) is 0 Å². The van der Waals surface area contributed by atoms with E-state index in [1.165, 1.54) is 16.8 Å². The Morgan fingerprint density at radius 2 is 1.88 bits per heavy atom. The Morgan fingerprint density at radius 1 is 1.12 bits per heavy atom. The van der Waals surface area contributed by atoms with E-state index in [4.69, 9.17) is 20.4 Å². The molecule has 0 fully saturated rings. The van der Waals surface area contributed by atoms with Crippen molar-refractivity contribution in [2.45, 2.75) is 29.8 Å². The standard InChI is InChI=1S/C23H20ClN5O3S/c1-14(33-23-26-25-21(28(23)2)20-6-4-12-32-20)22(30)29-18(19-5-3-11-31-19)13-17(27-29)15-7-9-16(24)10-8-15/h3-12,14,18H,13H2,1-2H3/t14-,18-/m0/s1. The first-order valence-electron chi connectivity index (χ1n) is 10.3. The summed E-state index contributed by atoms with van der Waals surface area (Å²) < 4.78 is 12.9. The largest absolute Gasteiger partial charge is 0.467 e. The molecule has 4 heterocycles. The molecule has 0 radical (unpaired) electrons. The molecule has 33 heavy (non-hydrogen) atoms. The molecule has 0 unspecified atom stereocenters. The molecule has 4 aromatic rings. The van der Waals surface area contributed by atoms with Crippen molar-refractivity contribution in [3.05, 3.63) is 77.4 Å². The molecule has 0 aliphatic carbocycles. The van der Waals surface area contributed by atoms with Gasteiger partial charge in [0.05, 0.1) is 23.5 Å². The van der Waals surface area contributed by atoms with E-state index in [0.29, 0.717) is 33.9 Å². The first-order chi connectivity index (χ1) is 16.0. The molecule has 1 aliphatic heterocycles. The van der Waals surface area contributed by atoms with Crippen molar-refractivity contribution in [1.29, 1.82) is 0 Å². The van der Waals surface area contributed by atoms with Gasteiger partial charge in [0, 0.05) is 18.5 Å². The lowest BCUT2D eigenvalue weighted by Gasteiger charge is -2.22. The summed E-state index contributed by atoms with van der Waals surface area (Å²) in [6, 6.07) is 14.4. The molecular formula is C23H20ClN5O3S. The van der Waals surface area contributed by atoms with E-state index in [1.54, 1.807) is 18.6 Å². The van der Waals surface area contributed by atoms with E-state index in [0.717, 1.165) is 11.3 Å². The summed E-state index contributed by atoms with van der Waals surface area (Å²) in [5.74, 6) is 1.75. The smallest absolute Gasteiger partial charge is 0.256 e. The van der Waals surface area contributed by atoms with Crippen LogP contribution in [0.1, 0.15) is 30.7 Å². The van der Waals surface area contributed by atoms with Gasteiger partial charge in [-0.15, -0.1) is 10.2 Å². The lowest BCUT2D eigenvalue weighted by Crippen LogP contribution is -2.33. The summed E-state index contributed by atoms with van der Waals surface area (Å²) in [6.07, 6.45) is 3.73. The molecule has 0 bridgehead atoms. The number of hydrogen-bond acceptors (Lipinski definition) is 7.